The molecule has 0 saturated carbocycles. The van der Waals surface area contributed by atoms with E-state index in [1.807, 2.05) is 0 Å². The third-order valence-electron chi connectivity index (χ3n) is 2.37. The predicted octanol–water partition coefficient (Wildman–Crippen LogP) is 3.08. The van der Waals surface area contributed by atoms with Gasteiger partial charge in [-0.25, -0.2) is 13.2 Å². The highest BCUT2D eigenvalue weighted by atomic mass is 19.3. The maximum absolute atomic E-state index is 13.7. The molecule has 0 heterocycles. The SMILES string of the molecule is [2H]C([2H])CC(F)(F)C(C)(O)c1ccc(F)cc1. The van der Waals surface area contributed by atoms with Crippen LogP contribution in [-0.2, 0) is 5.60 Å². The van der Waals surface area contributed by atoms with Crippen molar-refractivity contribution < 1.29 is 21.0 Å². The van der Waals surface area contributed by atoms with Gasteiger partial charge in [-0.3, -0.25) is 0 Å². The van der Waals surface area contributed by atoms with Gasteiger partial charge in [0.25, 0.3) is 5.92 Å². The summed E-state index contributed by atoms with van der Waals surface area (Å²) < 4.78 is 53.6. The maximum atomic E-state index is 13.7. The Labute approximate surface area is 89.4 Å². The summed E-state index contributed by atoms with van der Waals surface area (Å²) in [6.07, 6.45) is -1.09. The highest BCUT2D eigenvalue weighted by molar-refractivity contribution is 5.24. The molecule has 1 aromatic carbocycles. The summed E-state index contributed by atoms with van der Waals surface area (Å²) in [5.41, 5.74) is -2.68. The summed E-state index contributed by atoms with van der Waals surface area (Å²) >= 11 is 0. The van der Waals surface area contributed by atoms with Crippen LogP contribution in [-0.4, -0.2) is 11.0 Å². The molecule has 1 atom stereocenters. The van der Waals surface area contributed by atoms with Crippen molar-refractivity contribution in [2.75, 3.05) is 0 Å². The molecule has 84 valence electrons. The van der Waals surface area contributed by atoms with Crippen LogP contribution in [0.15, 0.2) is 24.3 Å². The second-order valence-electron chi connectivity index (χ2n) is 3.49. The lowest BCUT2D eigenvalue weighted by Gasteiger charge is -2.32. The van der Waals surface area contributed by atoms with Crippen molar-refractivity contribution in [3.8, 4) is 0 Å². The molecule has 0 spiro atoms. The number of alkyl halides is 2. The molecule has 0 amide bonds. The first-order chi connectivity index (χ1) is 7.67. The van der Waals surface area contributed by atoms with Gasteiger partial charge in [-0.15, -0.1) is 0 Å². The fraction of sp³-hybridized carbons (Fsp3) is 0.455. The molecule has 0 aliphatic rings. The first-order valence-electron chi connectivity index (χ1n) is 5.53. The molecule has 0 fully saturated rings. The van der Waals surface area contributed by atoms with Crippen LogP contribution in [0.25, 0.3) is 0 Å². The summed E-state index contributed by atoms with van der Waals surface area (Å²) in [6.45, 7) is -0.847. The van der Waals surface area contributed by atoms with E-state index in [-0.39, 0.29) is 5.56 Å². The molecule has 1 N–H and O–H groups in total. The van der Waals surface area contributed by atoms with E-state index in [2.05, 4.69) is 0 Å². The molecule has 4 heteroatoms. The average molecular weight is 220 g/mol. The zero-order valence-corrected chi connectivity index (χ0v) is 8.17. The quantitative estimate of drug-likeness (QED) is 0.829. The van der Waals surface area contributed by atoms with Crippen LogP contribution in [0.3, 0.4) is 0 Å². The van der Waals surface area contributed by atoms with Crippen molar-refractivity contribution in [1.82, 2.24) is 0 Å². The van der Waals surface area contributed by atoms with Gasteiger partial charge in [-0.1, -0.05) is 19.0 Å². The normalized spacial score (nSPS) is 18.3. The molecule has 0 radical (unpaired) electrons. The second kappa shape index (κ2) is 3.85. The first kappa shape index (κ1) is 9.21. The van der Waals surface area contributed by atoms with Gasteiger partial charge < -0.3 is 5.11 Å². The van der Waals surface area contributed by atoms with Crippen LogP contribution < -0.4 is 0 Å². The van der Waals surface area contributed by atoms with E-state index >= 15 is 0 Å². The third-order valence-corrected chi connectivity index (χ3v) is 2.37. The topological polar surface area (TPSA) is 20.2 Å². The van der Waals surface area contributed by atoms with Crippen LogP contribution in [0.4, 0.5) is 13.2 Å². The van der Waals surface area contributed by atoms with Crippen molar-refractivity contribution >= 4 is 0 Å². The molecule has 0 aliphatic carbocycles. The van der Waals surface area contributed by atoms with Crippen molar-refractivity contribution in [3.05, 3.63) is 35.6 Å². The molecule has 1 rings (SSSR count). The fourth-order valence-corrected chi connectivity index (χ4v) is 1.18. The molecule has 0 saturated heterocycles. The van der Waals surface area contributed by atoms with Crippen molar-refractivity contribution in [3.63, 3.8) is 0 Å². The van der Waals surface area contributed by atoms with Crippen molar-refractivity contribution in [1.29, 1.82) is 0 Å². The van der Waals surface area contributed by atoms with Gasteiger partial charge >= 0.3 is 0 Å². The molecule has 1 nitrogen and oxygen atoms in total. The van der Waals surface area contributed by atoms with Gasteiger partial charge in [0.05, 0.1) is 0 Å². The molecule has 1 unspecified atom stereocenters. The first-order valence-corrected chi connectivity index (χ1v) is 4.37. The van der Waals surface area contributed by atoms with E-state index in [1.165, 1.54) is 0 Å². The summed E-state index contributed by atoms with van der Waals surface area (Å²) in [4.78, 5) is 0. The van der Waals surface area contributed by atoms with Crippen molar-refractivity contribution in [2.24, 2.45) is 0 Å². The Kier molecular flexibility index (Phi) is 2.37. The highest BCUT2D eigenvalue weighted by Crippen LogP contribution is 2.39. The fourth-order valence-electron chi connectivity index (χ4n) is 1.18. The largest absolute Gasteiger partial charge is 0.379 e. The van der Waals surface area contributed by atoms with Crippen LogP contribution in [0.5, 0.6) is 0 Å². The number of halogens is 3. The minimum atomic E-state index is -3.63. The minimum Gasteiger partial charge on any atom is -0.379 e. The maximum Gasteiger partial charge on any atom is 0.279 e. The lowest BCUT2D eigenvalue weighted by molar-refractivity contribution is -0.179. The minimum absolute atomic E-state index is 0.149. The van der Waals surface area contributed by atoms with E-state index < -0.39 is 30.6 Å². The molecule has 0 aromatic heterocycles. The Bertz CT molecular complexity index is 377. The van der Waals surface area contributed by atoms with Crippen LogP contribution in [0.2, 0.25) is 0 Å². The Morgan fingerprint density at radius 2 is 1.87 bits per heavy atom. The molecule has 15 heavy (non-hydrogen) atoms. The summed E-state index contributed by atoms with van der Waals surface area (Å²) in [6, 6.07) is 4.07. The van der Waals surface area contributed by atoms with E-state index in [4.69, 9.17) is 2.74 Å². The average Bonchev–Trinajstić information content (AvgIpc) is 2.16. The van der Waals surface area contributed by atoms with Crippen molar-refractivity contribution in [2.45, 2.75) is 31.7 Å². The zero-order valence-electron chi connectivity index (χ0n) is 10.2. The van der Waals surface area contributed by atoms with Gasteiger partial charge in [0.1, 0.15) is 11.4 Å². The molecule has 0 bridgehead atoms. The summed E-state index contributed by atoms with van der Waals surface area (Å²) in [7, 11) is 0. The molecule has 0 aliphatic heterocycles. The predicted molar refractivity (Wildman–Crippen MR) is 51.2 cm³/mol. The van der Waals surface area contributed by atoms with E-state index in [0.717, 1.165) is 31.2 Å². The molecule has 1 aromatic rings. The highest BCUT2D eigenvalue weighted by Gasteiger charge is 2.48. The van der Waals surface area contributed by atoms with Gasteiger partial charge in [0, 0.05) is 9.16 Å². The smallest absolute Gasteiger partial charge is 0.279 e. The third kappa shape index (κ3) is 2.15. The van der Waals surface area contributed by atoms with E-state index in [1.54, 1.807) is 0 Å². The Morgan fingerprint density at radius 3 is 2.33 bits per heavy atom. The van der Waals surface area contributed by atoms with E-state index in [0.29, 0.717) is 0 Å². The number of aliphatic hydroxyl groups is 1. The molecular weight excluding hydrogens is 205 g/mol. The monoisotopic (exact) mass is 220 g/mol. The Hall–Kier alpha value is -1.03. The van der Waals surface area contributed by atoms with Crippen LogP contribution >= 0.6 is 0 Å². The standard InChI is InChI=1S/C11H13F3O/c1-3-11(13,14)10(2,15)8-4-6-9(12)7-5-8/h4-7,15H,3H2,1-2H3/i1D2. The van der Waals surface area contributed by atoms with Gasteiger partial charge in [-0.05, 0) is 24.6 Å². The number of rotatable bonds is 3. The number of benzene rings is 1. The van der Waals surface area contributed by atoms with Crippen LogP contribution in [0, 0.1) is 5.82 Å². The zero-order chi connectivity index (χ0) is 13.3. The van der Waals surface area contributed by atoms with Gasteiger partial charge in [0.2, 0.25) is 0 Å². The lowest BCUT2D eigenvalue weighted by Crippen LogP contribution is -2.42. The Morgan fingerprint density at radius 1 is 1.33 bits per heavy atom. The van der Waals surface area contributed by atoms with Crippen LogP contribution in [0.1, 0.15) is 28.5 Å². The second-order valence-corrected chi connectivity index (χ2v) is 3.49. The molecular formula is C11H13F3O. The van der Waals surface area contributed by atoms with Gasteiger partial charge in [0.15, 0.2) is 0 Å². The van der Waals surface area contributed by atoms with Gasteiger partial charge in [-0.2, -0.15) is 0 Å². The lowest BCUT2D eigenvalue weighted by atomic mass is 9.88. The summed E-state index contributed by atoms with van der Waals surface area (Å²) in [5.74, 6) is -4.22. The Balaban J connectivity index is 3.04. The van der Waals surface area contributed by atoms with E-state index in [9.17, 15) is 18.3 Å². The number of hydrogen-bond donors (Lipinski definition) is 1. The number of hydrogen-bond acceptors (Lipinski definition) is 1. The summed E-state index contributed by atoms with van der Waals surface area (Å²) in [5, 5.41) is 9.81.